The Morgan fingerprint density at radius 1 is 1.40 bits per heavy atom. The molecule has 0 saturated heterocycles. The average Bonchev–Trinajstić information content (AvgIpc) is 2.08. The first-order chi connectivity index (χ1) is 6.72. The number of carbonyl (C=O) groups excluding carboxylic acids is 1. The van der Waals surface area contributed by atoms with Crippen LogP contribution in [-0.2, 0) is 4.79 Å². The van der Waals surface area contributed by atoms with E-state index in [1.165, 1.54) is 0 Å². The lowest BCUT2D eigenvalue weighted by atomic mass is 9.70. The molecule has 0 radical (unpaired) electrons. The minimum atomic E-state index is 0.237. The third kappa shape index (κ3) is 3.81. The van der Waals surface area contributed by atoms with E-state index in [1.54, 1.807) is 0 Å². The SMILES string of the molecule is C[C@H]1C[C@@](C)(/C=C/C(C)(C)C)CCC1=O. The van der Waals surface area contributed by atoms with Gasteiger partial charge in [0.25, 0.3) is 0 Å². The zero-order valence-corrected chi connectivity index (χ0v) is 10.8. The maximum absolute atomic E-state index is 11.5. The minimum absolute atomic E-state index is 0.237. The molecule has 0 unspecified atom stereocenters. The molecule has 1 nitrogen and oxygen atoms in total. The molecule has 1 fully saturated rings. The van der Waals surface area contributed by atoms with Crippen LogP contribution < -0.4 is 0 Å². The Kier molecular flexibility index (Phi) is 3.42. The Morgan fingerprint density at radius 3 is 2.47 bits per heavy atom. The van der Waals surface area contributed by atoms with Crippen molar-refractivity contribution < 1.29 is 4.79 Å². The molecular formula is C14H24O. The van der Waals surface area contributed by atoms with E-state index < -0.39 is 0 Å². The van der Waals surface area contributed by atoms with E-state index in [4.69, 9.17) is 0 Å². The van der Waals surface area contributed by atoms with Crippen LogP contribution in [-0.4, -0.2) is 5.78 Å². The van der Waals surface area contributed by atoms with E-state index >= 15 is 0 Å². The Hall–Kier alpha value is -0.590. The predicted octanol–water partition coefficient (Wildman–Crippen LogP) is 3.98. The van der Waals surface area contributed by atoms with Crippen molar-refractivity contribution >= 4 is 5.78 Å². The summed E-state index contributed by atoms with van der Waals surface area (Å²) in [4.78, 5) is 11.5. The van der Waals surface area contributed by atoms with Gasteiger partial charge in [-0.15, -0.1) is 0 Å². The van der Waals surface area contributed by atoms with E-state index in [-0.39, 0.29) is 16.7 Å². The van der Waals surface area contributed by atoms with Gasteiger partial charge in [-0.2, -0.15) is 0 Å². The van der Waals surface area contributed by atoms with Crippen LogP contribution in [0.1, 0.15) is 53.9 Å². The second-order valence-electron chi connectivity index (χ2n) is 6.42. The van der Waals surface area contributed by atoms with E-state index in [0.29, 0.717) is 5.78 Å². The first kappa shape index (κ1) is 12.5. The van der Waals surface area contributed by atoms with Gasteiger partial charge in [0.05, 0.1) is 0 Å². The van der Waals surface area contributed by atoms with Gasteiger partial charge >= 0.3 is 0 Å². The normalized spacial score (nSPS) is 33.7. The summed E-state index contributed by atoms with van der Waals surface area (Å²) >= 11 is 0. The lowest BCUT2D eigenvalue weighted by Crippen LogP contribution is -2.29. The molecule has 0 spiro atoms. The summed E-state index contributed by atoms with van der Waals surface area (Å²) in [5.74, 6) is 0.685. The number of hydrogen-bond donors (Lipinski definition) is 0. The summed E-state index contributed by atoms with van der Waals surface area (Å²) in [5.41, 5.74) is 0.480. The van der Waals surface area contributed by atoms with Crippen molar-refractivity contribution in [2.45, 2.75) is 53.9 Å². The lowest BCUT2D eigenvalue weighted by Gasteiger charge is -2.34. The van der Waals surface area contributed by atoms with Crippen molar-refractivity contribution in [3.05, 3.63) is 12.2 Å². The highest BCUT2D eigenvalue weighted by Crippen LogP contribution is 2.39. The smallest absolute Gasteiger partial charge is 0.135 e. The first-order valence-corrected chi connectivity index (χ1v) is 5.95. The molecule has 1 aliphatic rings. The van der Waals surface area contributed by atoms with Crippen LogP contribution >= 0.6 is 0 Å². The molecule has 0 aromatic rings. The lowest BCUT2D eigenvalue weighted by molar-refractivity contribution is -0.125. The van der Waals surface area contributed by atoms with Gasteiger partial charge in [-0.05, 0) is 23.7 Å². The number of hydrogen-bond acceptors (Lipinski definition) is 1. The molecule has 1 aliphatic carbocycles. The van der Waals surface area contributed by atoms with Crippen LogP contribution in [0.25, 0.3) is 0 Å². The summed E-state index contributed by atoms with van der Waals surface area (Å²) in [6.07, 6.45) is 7.40. The molecule has 0 amide bonds. The quantitative estimate of drug-likeness (QED) is 0.596. The van der Waals surface area contributed by atoms with Crippen LogP contribution in [0.3, 0.4) is 0 Å². The highest BCUT2D eigenvalue weighted by molar-refractivity contribution is 5.81. The Balaban J connectivity index is 2.69. The van der Waals surface area contributed by atoms with Crippen LogP contribution in [0.5, 0.6) is 0 Å². The van der Waals surface area contributed by atoms with Crippen molar-refractivity contribution in [1.82, 2.24) is 0 Å². The minimum Gasteiger partial charge on any atom is -0.299 e. The van der Waals surface area contributed by atoms with Crippen LogP contribution in [0.15, 0.2) is 12.2 Å². The standard InChI is InChI=1S/C14H24O/c1-11-10-14(5,7-6-12(11)15)9-8-13(2,3)4/h8-9,11H,6-7,10H2,1-5H3/b9-8+/t11-,14+/m0/s1. The summed E-state index contributed by atoms with van der Waals surface area (Å²) in [7, 11) is 0. The molecular weight excluding hydrogens is 184 g/mol. The first-order valence-electron chi connectivity index (χ1n) is 5.95. The van der Waals surface area contributed by atoms with Gasteiger partial charge in [-0.25, -0.2) is 0 Å². The van der Waals surface area contributed by atoms with Gasteiger partial charge in [0.15, 0.2) is 0 Å². The van der Waals surface area contributed by atoms with Crippen LogP contribution in [0.2, 0.25) is 0 Å². The molecule has 2 atom stereocenters. The Morgan fingerprint density at radius 2 is 2.00 bits per heavy atom. The second-order valence-corrected chi connectivity index (χ2v) is 6.42. The number of ketones is 1. The third-order valence-electron chi connectivity index (χ3n) is 3.25. The zero-order valence-electron chi connectivity index (χ0n) is 10.8. The Bertz CT molecular complexity index is 270. The molecule has 15 heavy (non-hydrogen) atoms. The Labute approximate surface area is 93.9 Å². The predicted molar refractivity (Wildman–Crippen MR) is 64.7 cm³/mol. The fourth-order valence-electron chi connectivity index (χ4n) is 2.17. The average molecular weight is 208 g/mol. The molecule has 0 N–H and O–H groups in total. The summed E-state index contributed by atoms with van der Waals surface area (Å²) < 4.78 is 0. The van der Waals surface area contributed by atoms with Gasteiger partial charge < -0.3 is 0 Å². The zero-order chi connectivity index (χ0) is 11.7. The van der Waals surface area contributed by atoms with E-state index in [1.807, 2.05) is 0 Å². The molecule has 0 heterocycles. The van der Waals surface area contributed by atoms with Crippen LogP contribution in [0.4, 0.5) is 0 Å². The monoisotopic (exact) mass is 208 g/mol. The molecule has 1 saturated carbocycles. The van der Waals surface area contributed by atoms with E-state index in [2.05, 4.69) is 46.8 Å². The highest BCUT2D eigenvalue weighted by Gasteiger charge is 2.32. The topological polar surface area (TPSA) is 17.1 Å². The number of rotatable bonds is 1. The number of allylic oxidation sites excluding steroid dienone is 2. The summed E-state index contributed by atoms with van der Waals surface area (Å²) in [5, 5.41) is 0. The van der Waals surface area contributed by atoms with Gasteiger partial charge in [-0.1, -0.05) is 46.8 Å². The van der Waals surface area contributed by atoms with E-state index in [0.717, 1.165) is 19.3 Å². The highest BCUT2D eigenvalue weighted by atomic mass is 16.1. The van der Waals surface area contributed by atoms with Crippen LogP contribution in [0, 0.1) is 16.7 Å². The second kappa shape index (κ2) is 4.11. The van der Waals surface area contributed by atoms with Crippen molar-refractivity contribution in [3.8, 4) is 0 Å². The molecule has 0 aromatic heterocycles. The largest absolute Gasteiger partial charge is 0.299 e. The number of carbonyl (C=O) groups is 1. The number of Topliss-reactive ketones (excluding diaryl/α,β-unsaturated/α-hetero) is 1. The molecule has 86 valence electrons. The van der Waals surface area contributed by atoms with Gasteiger partial charge in [0, 0.05) is 12.3 Å². The fraction of sp³-hybridized carbons (Fsp3) is 0.786. The van der Waals surface area contributed by atoms with Gasteiger partial charge in [-0.3, -0.25) is 4.79 Å². The molecule has 0 bridgehead atoms. The molecule has 1 heteroatoms. The fourth-order valence-corrected chi connectivity index (χ4v) is 2.17. The van der Waals surface area contributed by atoms with Crippen molar-refractivity contribution in [2.75, 3.05) is 0 Å². The molecule has 0 aliphatic heterocycles. The van der Waals surface area contributed by atoms with Gasteiger partial charge in [0.1, 0.15) is 5.78 Å². The third-order valence-corrected chi connectivity index (χ3v) is 3.25. The van der Waals surface area contributed by atoms with Crippen molar-refractivity contribution in [3.63, 3.8) is 0 Å². The molecule has 0 aromatic carbocycles. The summed E-state index contributed by atoms with van der Waals surface area (Å²) in [6, 6.07) is 0. The van der Waals surface area contributed by atoms with E-state index in [9.17, 15) is 4.79 Å². The van der Waals surface area contributed by atoms with Crippen molar-refractivity contribution in [1.29, 1.82) is 0 Å². The maximum atomic E-state index is 11.5. The van der Waals surface area contributed by atoms with Gasteiger partial charge in [0.2, 0.25) is 0 Å². The maximum Gasteiger partial charge on any atom is 0.135 e. The van der Waals surface area contributed by atoms with Crippen molar-refractivity contribution in [2.24, 2.45) is 16.7 Å². The summed E-state index contributed by atoms with van der Waals surface area (Å²) in [6.45, 7) is 11.0. The molecule has 1 rings (SSSR count).